The van der Waals surface area contributed by atoms with Gasteiger partial charge in [-0.25, -0.2) is 9.97 Å². The van der Waals surface area contributed by atoms with Crippen LogP contribution in [0.5, 0.6) is 0 Å². The normalized spacial score (nSPS) is 22.8. The van der Waals surface area contributed by atoms with Crippen LogP contribution >= 0.6 is 0 Å². The molecule has 0 spiro atoms. The molecule has 2 atom stereocenters. The van der Waals surface area contributed by atoms with E-state index in [1.54, 1.807) is 10.9 Å². The van der Waals surface area contributed by atoms with Gasteiger partial charge >= 0.3 is 5.97 Å². The van der Waals surface area contributed by atoms with Gasteiger partial charge in [-0.2, -0.15) is 5.10 Å². The van der Waals surface area contributed by atoms with Gasteiger partial charge < -0.3 is 10.4 Å². The average Bonchev–Trinajstić information content (AvgIpc) is 2.98. The molecule has 19 heavy (non-hydrogen) atoms. The summed E-state index contributed by atoms with van der Waals surface area (Å²) in [5, 5.41) is 17.4. The smallest absolute Gasteiger partial charge is 0.308 e. The van der Waals surface area contributed by atoms with Crippen molar-refractivity contribution in [3.8, 4) is 0 Å². The third-order valence-electron chi connectivity index (χ3n) is 3.68. The molecule has 2 unspecified atom stereocenters. The first-order valence-corrected chi connectivity index (χ1v) is 6.29. The van der Waals surface area contributed by atoms with E-state index >= 15 is 0 Å². The third kappa shape index (κ3) is 2.00. The largest absolute Gasteiger partial charge is 0.481 e. The number of aryl methyl sites for hydroxylation is 1. The van der Waals surface area contributed by atoms with Crippen LogP contribution in [0.1, 0.15) is 19.3 Å². The molecule has 7 nitrogen and oxygen atoms in total. The van der Waals surface area contributed by atoms with E-state index in [1.807, 2.05) is 7.05 Å². The van der Waals surface area contributed by atoms with Crippen molar-refractivity contribution in [3.05, 3.63) is 12.5 Å². The maximum absolute atomic E-state index is 11.2. The van der Waals surface area contributed by atoms with Crippen molar-refractivity contribution in [1.29, 1.82) is 0 Å². The van der Waals surface area contributed by atoms with Crippen molar-refractivity contribution in [1.82, 2.24) is 19.7 Å². The predicted molar refractivity (Wildman–Crippen MR) is 68.7 cm³/mol. The maximum atomic E-state index is 11.2. The number of carboxylic acids is 1. The number of carbonyl (C=O) groups is 1. The summed E-state index contributed by atoms with van der Waals surface area (Å²) >= 11 is 0. The molecule has 0 amide bonds. The molecule has 3 rings (SSSR count). The minimum atomic E-state index is -0.744. The van der Waals surface area contributed by atoms with Gasteiger partial charge in [-0.15, -0.1) is 0 Å². The summed E-state index contributed by atoms with van der Waals surface area (Å²) in [7, 11) is 1.81. The second-order valence-corrected chi connectivity index (χ2v) is 4.85. The number of aliphatic carboxylic acids is 1. The Hall–Kier alpha value is -2.18. The van der Waals surface area contributed by atoms with Gasteiger partial charge in [-0.1, -0.05) is 6.42 Å². The minimum Gasteiger partial charge on any atom is -0.481 e. The molecule has 1 aliphatic rings. The number of nitrogens with one attached hydrogen (secondary N) is 1. The van der Waals surface area contributed by atoms with Crippen LogP contribution in [0.3, 0.4) is 0 Å². The second-order valence-electron chi connectivity index (χ2n) is 4.85. The van der Waals surface area contributed by atoms with Gasteiger partial charge in [0.1, 0.15) is 12.1 Å². The van der Waals surface area contributed by atoms with Crippen LogP contribution in [0.25, 0.3) is 11.0 Å². The number of fused-ring (bicyclic) bond motifs is 1. The van der Waals surface area contributed by atoms with Crippen molar-refractivity contribution < 1.29 is 9.90 Å². The first-order chi connectivity index (χ1) is 9.16. The van der Waals surface area contributed by atoms with Crippen molar-refractivity contribution in [2.45, 2.75) is 25.3 Å². The summed E-state index contributed by atoms with van der Waals surface area (Å²) in [4.78, 5) is 19.6. The Balaban J connectivity index is 1.91. The highest BCUT2D eigenvalue weighted by molar-refractivity contribution is 5.86. The highest BCUT2D eigenvalue weighted by Crippen LogP contribution is 2.30. The molecule has 100 valence electrons. The van der Waals surface area contributed by atoms with E-state index in [2.05, 4.69) is 20.4 Å². The summed E-state index contributed by atoms with van der Waals surface area (Å²) in [5.74, 6) is -0.426. The first-order valence-electron chi connectivity index (χ1n) is 6.29. The Morgan fingerprint density at radius 3 is 3.11 bits per heavy atom. The number of hydrogen-bond acceptors (Lipinski definition) is 5. The zero-order valence-electron chi connectivity index (χ0n) is 10.6. The Morgan fingerprint density at radius 1 is 1.47 bits per heavy atom. The van der Waals surface area contributed by atoms with Crippen LogP contribution in [0.2, 0.25) is 0 Å². The summed E-state index contributed by atoms with van der Waals surface area (Å²) in [6, 6.07) is -0.0733. The SMILES string of the molecule is Cn1ncc2c(NC3CCCC3C(=O)O)ncnc21. The molecule has 2 aromatic heterocycles. The van der Waals surface area contributed by atoms with E-state index in [4.69, 9.17) is 0 Å². The van der Waals surface area contributed by atoms with Crippen LogP contribution in [0, 0.1) is 5.92 Å². The van der Waals surface area contributed by atoms with E-state index in [9.17, 15) is 9.90 Å². The lowest BCUT2D eigenvalue weighted by Gasteiger charge is -2.18. The molecular weight excluding hydrogens is 246 g/mol. The molecule has 1 fully saturated rings. The van der Waals surface area contributed by atoms with Crippen molar-refractivity contribution >= 4 is 22.8 Å². The summed E-state index contributed by atoms with van der Waals surface area (Å²) in [5.41, 5.74) is 0.738. The highest BCUT2D eigenvalue weighted by Gasteiger charge is 2.33. The third-order valence-corrected chi connectivity index (χ3v) is 3.68. The van der Waals surface area contributed by atoms with Crippen LogP contribution in [-0.2, 0) is 11.8 Å². The van der Waals surface area contributed by atoms with E-state index in [0.29, 0.717) is 12.2 Å². The Kier molecular flexibility index (Phi) is 2.81. The quantitative estimate of drug-likeness (QED) is 0.857. The van der Waals surface area contributed by atoms with Gasteiger partial charge in [0.05, 0.1) is 17.5 Å². The van der Waals surface area contributed by atoms with E-state index < -0.39 is 5.97 Å². The van der Waals surface area contributed by atoms with Gasteiger partial charge in [-0.05, 0) is 12.8 Å². The van der Waals surface area contributed by atoms with Crippen molar-refractivity contribution in [2.75, 3.05) is 5.32 Å². The molecule has 0 aliphatic heterocycles. The summed E-state index contributed by atoms with van der Waals surface area (Å²) in [6.45, 7) is 0. The average molecular weight is 261 g/mol. The van der Waals surface area contributed by atoms with Gasteiger partial charge in [0.2, 0.25) is 0 Å². The maximum Gasteiger partial charge on any atom is 0.308 e. The molecule has 0 bridgehead atoms. The van der Waals surface area contributed by atoms with Gasteiger partial charge in [-0.3, -0.25) is 9.48 Å². The molecule has 2 N–H and O–H groups in total. The van der Waals surface area contributed by atoms with E-state index in [1.165, 1.54) is 6.33 Å². The molecule has 1 saturated carbocycles. The minimum absolute atomic E-state index is 0.0733. The van der Waals surface area contributed by atoms with Crippen molar-refractivity contribution in [3.63, 3.8) is 0 Å². The van der Waals surface area contributed by atoms with Gasteiger partial charge in [0.15, 0.2) is 5.65 Å². The Morgan fingerprint density at radius 2 is 2.32 bits per heavy atom. The van der Waals surface area contributed by atoms with E-state index in [0.717, 1.165) is 23.9 Å². The number of rotatable bonds is 3. The molecule has 1 aliphatic carbocycles. The number of anilines is 1. The topological polar surface area (TPSA) is 92.9 Å². The molecule has 0 radical (unpaired) electrons. The number of nitrogens with zero attached hydrogens (tertiary/aromatic N) is 4. The lowest BCUT2D eigenvalue weighted by atomic mass is 10.0. The molecule has 0 saturated heterocycles. The van der Waals surface area contributed by atoms with Crippen LogP contribution in [0.15, 0.2) is 12.5 Å². The second kappa shape index (κ2) is 4.49. The predicted octanol–water partition coefficient (Wildman–Crippen LogP) is 1.03. The van der Waals surface area contributed by atoms with Crippen LogP contribution in [0.4, 0.5) is 5.82 Å². The molecule has 2 aromatic rings. The van der Waals surface area contributed by atoms with Gasteiger partial charge in [0.25, 0.3) is 0 Å². The first kappa shape index (κ1) is 11.9. The summed E-state index contributed by atoms with van der Waals surface area (Å²) in [6.07, 6.45) is 5.66. The number of hydrogen-bond donors (Lipinski definition) is 2. The molecular formula is C12H15N5O2. The standard InChI is InChI=1S/C12H15N5O2/c1-17-11-8(5-15-17)10(13-6-14-11)16-9-4-2-3-7(9)12(18)19/h5-7,9H,2-4H2,1H3,(H,18,19)(H,13,14,16). The zero-order valence-corrected chi connectivity index (χ0v) is 10.6. The fraction of sp³-hybridized carbons (Fsp3) is 0.500. The van der Waals surface area contributed by atoms with Crippen LogP contribution in [-0.4, -0.2) is 36.9 Å². The lowest BCUT2D eigenvalue weighted by molar-refractivity contribution is -0.141. The van der Waals surface area contributed by atoms with Gasteiger partial charge in [0, 0.05) is 13.1 Å². The van der Waals surface area contributed by atoms with E-state index in [-0.39, 0.29) is 12.0 Å². The van der Waals surface area contributed by atoms with Crippen molar-refractivity contribution in [2.24, 2.45) is 13.0 Å². The fourth-order valence-electron chi connectivity index (χ4n) is 2.68. The molecule has 0 aromatic carbocycles. The number of aromatic nitrogens is 4. The monoisotopic (exact) mass is 261 g/mol. The lowest BCUT2D eigenvalue weighted by Crippen LogP contribution is -2.30. The zero-order chi connectivity index (χ0) is 13.4. The highest BCUT2D eigenvalue weighted by atomic mass is 16.4. The van der Waals surface area contributed by atoms with Crippen LogP contribution < -0.4 is 5.32 Å². The molecule has 2 heterocycles. The Labute approximate surface area is 109 Å². The fourth-order valence-corrected chi connectivity index (χ4v) is 2.68. The number of carboxylic acid groups (broad SMARTS) is 1. The Bertz CT molecular complexity index is 624. The summed E-state index contributed by atoms with van der Waals surface area (Å²) < 4.78 is 1.67. The molecule has 7 heteroatoms.